The van der Waals surface area contributed by atoms with Gasteiger partial charge >= 0.3 is 5.97 Å². The maximum absolute atomic E-state index is 11.0. The number of aryl methyl sites for hydroxylation is 1. The molecule has 5 heteroatoms. The topological polar surface area (TPSA) is 80.6 Å². The number of imidazole rings is 1. The Hall–Kier alpha value is -1.88. The molecule has 5 nitrogen and oxygen atoms in total. The van der Waals surface area contributed by atoms with Gasteiger partial charge in [0.15, 0.2) is 5.69 Å². The second kappa shape index (κ2) is 3.61. The van der Waals surface area contributed by atoms with Crippen LogP contribution in [-0.4, -0.2) is 20.5 Å². The number of nitrogens with two attached hydrogens (primary N) is 1. The zero-order valence-electron chi connectivity index (χ0n) is 9.14. The van der Waals surface area contributed by atoms with Crippen LogP contribution in [0.2, 0.25) is 0 Å². The third-order valence-corrected chi connectivity index (χ3v) is 2.44. The lowest BCUT2D eigenvalue weighted by Crippen LogP contribution is -2.09. The third-order valence-electron chi connectivity index (χ3n) is 2.44. The summed E-state index contributed by atoms with van der Waals surface area (Å²) in [5.41, 5.74) is 7.38. The Kier molecular flexibility index (Phi) is 2.40. The minimum absolute atomic E-state index is 0.0519. The number of hydrogen-bond donors (Lipinski definition) is 2. The first-order chi connectivity index (χ1) is 7.50. The SMILES string of the molecule is Cc1ccn2c(C(C)N)nc(C(=O)O)c2c1. The number of pyridine rings is 1. The zero-order valence-corrected chi connectivity index (χ0v) is 9.14. The van der Waals surface area contributed by atoms with Gasteiger partial charge in [-0.3, -0.25) is 0 Å². The normalized spacial score (nSPS) is 12.9. The van der Waals surface area contributed by atoms with Gasteiger partial charge in [-0.15, -0.1) is 0 Å². The van der Waals surface area contributed by atoms with Crippen molar-refractivity contribution in [2.24, 2.45) is 5.73 Å². The van der Waals surface area contributed by atoms with Crippen LogP contribution in [0, 0.1) is 6.92 Å². The fourth-order valence-corrected chi connectivity index (χ4v) is 1.69. The van der Waals surface area contributed by atoms with Crippen molar-refractivity contribution in [1.29, 1.82) is 0 Å². The highest BCUT2D eigenvalue weighted by atomic mass is 16.4. The summed E-state index contributed by atoms with van der Waals surface area (Å²) in [4.78, 5) is 15.1. The lowest BCUT2D eigenvalue weighted by Gasteiger charge is -2.03. The Labute approximate surface area is 92.5 Å². The molecule has 0 saturated heterocycles. The van der Waals surface area contributed by atoms with Gasteiger partial charge in [-0.05, 0) is 31.5 Å². The average Bonchev–Trinajstić information content (AvgIpc) is 2.56. The summed E-state index contributed by atoms with van der Waals surface area (Å²) < 4.78 is 1.72. The summed E-state index contributed by atoms with van der Waals surface area (Å²) in [5, 5.41) is 9.05. The molecule has 0 aliphatic carbocycles. The molecule has 0 aliphatic heterocycles. The van der Waals surface area contributed by atoms with Crippen LogP contribution in [0.4, 0.5) is 0 Å². The van der Waals surface area contributed by atoms with Crippen LogP contribution in [0.5, 0.6) is 0 Å². The fourth-order valence-electron chi connectivity index (χ4n) is 1.69. The first kappa shape index (κ1) is 10.6. The predicted octanol–water partition coefficient (Wildman–Crippen LogP) is 1.36. The quantitative estimate of drug-likeness (QED) is 0.799. The molecule has 0 amide bonds. The smallest absolute Gasteiger partial charge is 0.356 e. The second-order valence-electron chi connectivity index (χ2n) is 3.87. The number of aromatic nitrogens is 2. The van der Waals surface area contributed by atoms with Crippen molar-refractivity contribution in [2.45, 2.75) is 19.9 Å². The minimum atomic E-state index is -1.03. The Bertz CT molecular complexity index is 558. The number of rotatable bonds is 2. The van der Waals surface area contributed by atoms with E-state index in [1.807, 2.05) is 13.0 Å². The van der Waals surface area contributed by atoms with Gasteiger partial charge in [0.25, 0.3) is 0 Å². The molecule has 0 aliphatic rings. The molecule has 2 aromatic heterocycles. The molecule has 2 aromatic rings. The van der Waals surface area contributed by atoms with Gasteiger partial charge in [0.1, 0.15) is 5.82 Å². The first-order valence-corrected chi connectivity index (χ1v) is 4.98. The van der Waals surface area contributed by atoms with Crippen LogP contribution >= 0.6 is 0 Å². The lowest BCUT2D eigenvalue weighted by molar-refractivity contribution is 0.0693. The molecule has 0 aromatic carbocycles. The molecule has 1 atom stereocenters. The lowest BCUT2D eigenvalue weighted by atomic mass is 10.2. The van der Waals surface area contributed by atoms with E-state index in [1.165, 1.54) is 0 Å². The van der Waals surface area contributed by atoms with E-state index in [4.69, 9.17) is 10.8 Å². The van der Waals surface area contributed by atoms with Crippen LogP contribution in [-0.2, 0) is 0 Å². The van der Waals surface area contributed by atoms with Crippen LogP contribution < -0.4 is 5.73 Å². The molecule has 2 rings (SSSR count). The number of carbonyl (C=O) groups is 1. The van der Waals surface area contributed by atoms with Crippen LogP contribution in [0.1, 0.15) is 34.8 Å². The fraction of sp³-hybridized carbons (Fsp3) is 0.273. The third kappa shape index (κ3) is 1.55. The maximum Gasteiger partial charge on any atom is 0.356 e. The molecule has 0 bridgehead atoms. The van der Waals surface area contributed by atoms with Crippen LogP contribution in [0.25, 0.3) is 5.52 Å². The standard InChI is InChI=1S/C11H13N3O2/c1-6-3-4-14-8(5-6)9(11(15)16)13-10(14)7(2)12/h3-5,7H,12H2,1-2H3,(H,15,16). The summed E-state index contributed by atoms with van der Waals surface area (Å²) in [7, 11) is 0. The maximum atomic E-state index is 11.0. The molecule has 0 fully saturated rings. The Balaban J connectivity index is 2.81. The molecule has 84 valence electrons. The molecule has 2 heterocycles. The van der Waals surface area contributed by atoms with Crippen molar-refractivity contribution in [2.75, 3.05) is 0 Å². The van der Waals surface area contributed by atoms with E-state index in [-0.39, 0.29) is 11.7 Å². The van der Waals surface area contributed by atoms with Gasteiger partial charge in [-0.1, -0.05) is 0 Å². The molecule has 3 N–H and O–H groups in total. The molecule has 16 heavy (non-hydrogen) atoms. The van der Waals surface area contributed by atoms with E-state index in [9.17, 15) is 4.79 Å². The van der Waals surface area contributed by atoms with Gasteiger partial charge in [-0.25, -0.2) is 9.78 Å². The molecular weight excluding hydrogens is 206 g/mol. The highest BCUT2D eigenvalue weighted by Crippen LogP contribution is 2.18. The van der Waals surface area contributed by atoms with Crippen molar-refractivity contribution in [3.63, 3.8) is 0 Å². The van der Waals surface area contributed by atoms with Gasteiger partial charge in [0, 0.05) is 6.20 Å². The van der Waals surface area contributed by atoms with Crippen molar-refractivity contribution in [3.05, 3.63) is 35.4 Å². The van der Waals surface area contributed by atoms with Crippen molar-refractivity contribution in [1.82, 2.24) is 9.38 Å². The number of carboxylic acids is 1. The van der Waals surface area contributed by atoms with Crippen LogP contribution in [0.15, 0.2) is 18.3 Å². The van der Waals surface area contributed by atoms with E-state index in [2.05, 4.69) is 4.98 Å². The number of hydrogen-bond acceptors (Lipinski definition) is 3. The van der Waals surface area contributed by atoms with Crippen LogP contribution in [0.3, 0.4) is 0 Å². The van der Waals surface area contributed by atoms with Crippen molar-refractivity contribution in [3.8, 4) is 0 Å². The molecule has 0 radical (unpaired) electrons. The predicted molar refractivity (Wildman–Crippen MR) is 59.5 cm³/mol. The Morgan fingerprint density at radius 3 is 2.88 bits per heavy atom. The summed E-state index contributed by atoms with van der Waals surface area (Å²) >= 11 is 0. The summed E-state index contributed by atoms with van der Waals surface area (Å²) in [6, 6.07) is 3.39. The van der Waals surface area contributed by atoms with E-state index >= 15 is 0 Å². The molecule has 0 saturated carbocycles. The summed E-state index contributed by atoms with van der Waals surface area (Å²) in [6.07, 6.45) is 1.79. The highest BCUT2D eigenvalue weighted by Gasteiger charge is 2.18. The zero-order chi connectivity index (χ0) is 11.9. The number of fused-ring (bicyclic) bond motifs is 1. The molecular formula is C11H13N3O2. The highest BCUT2D eigenvalue weighted by molar-refractivity contribution is 5.93. The number of nitrogens with zero attached hydrogens (tertiary/aromatic N) is 2. The minimum Gasteiger partial charge on any atom is -0.476 e. The second-order valence-corrected chi connectivity index (χ2v) is 3.87. The largest absolute Gasteiger partial charge is 0.476 e. The van der Waals surface area contributed by atoms with E-state index in [0.717, 1.165) is 5.56 Å². The van der Waals surface area contributed by atoms with Gasteiger partial charge in [0.05, 0.1) is 11.6 Å². The number of carboxylic acid groups (broad SMARTS) is 1. The van der Waals surface area contributed by atoms with Gasteiger partial charge in [-0.2, -0.15) is 0 Å². The molecule has 1 unspecified atom stereocenters. The number of aromatic carboxylic acids is 1. The summed E-state index contributed by atoms with van der Waals surface area (Å²) in [5.74, 6) is -0.470. The Morgan fingerprint density at radius 2 is 2.31 bits per heavy atom. The van der Waals surface area contributed by atoms with Gasteiger partial charge < -0.3 is 15.2 Å². The van der Waals surface area contributed by atoms with E-state index in [0.29, 0.717) is 11.3 Å². The average molecular weight is 219 g/mol. The Morgan fingerprint density at radius 1 is 1.62 bits per heavy atom. The van der Waals surface area contributed by atoms with Crippen molar-refractivity contribution >= 4 is 11.5 Å². The molecule has 0 spiro atoms. The van der Waals surface area contributed by atoms with Crippen molar-refractivity contribution < 1.29 is 9.90 Å². The summed E-state index contributed by atoms with van der Waals surface area (Å²) in [6.45, 7) is 3.68. The van der Waals surface area contributed by atoms with Gasteiger partial charge in [0.2, 0.25) is 0 Å². The first-order valence-electron chi connectivity index (χ1n) is 4.98. The van der Waals surface area contributed by atoms with E-state index < -0.39 is 5.97 Å². The monoisotopic (exact) mass is 219 g/mol. The van der Waals surface area contributed by atoms with E-state index in [1.54, 1.807) is 23.6 Å².